The van der Waals surface area contributed by atoms with Gasteiger partial charge < -0.3 is 5.11 Å². The summed E-state index contributed by atoms with van der Waals surface area (Å²) in [6, 6.07) is 3.39. The molecular formula is C11H9Br2N5O2. The Morgan fingerprint density at radius 1 is 1.40 bits per heavy atom. The molecule has 0 saturated heterocycles. The van der Waals surface area contributed by atoms with Gasteiger partial charge in [0.1, 0.15) is 11.4 Å². The smallest absolute Gasteiger partial charge is 0.363 e. The Hall–Kier alpha value is -1.74. The van der Waals surface area contributed by atoms with Crippen LogP contribution in [0.1, 0.15) is 11.3 Å². The molecular weight excluding hydrogens is 394 g/mol. The van der Waals surface area contributed by atoms with Gasteiger partial charge in [-0.05, 0) is 56.5 Å². The Kier molecular flexibility index (Phi) is 4.50. The number of aryl methyl sites for hydroxylation is 1. The van der Waals surface area contributed by atoms with Gasteiger partial charge in [0.2, 0.25) is 0 Å². The minimum atomic E-state index is -0.552. The molecule has 0 unspecified atom stereocenters. The van der Waals surface area contributed by atoms with Crippen LogP contribution in [0.4, 0.5) is 5.82 Å². The van der Waals surface area contributed by atoms with E-state index in [4.69, 9.17) is 0 Å². The van der Waals surface area contributed by atoms with E-state index in [-0.39, 0.29) is 11.6 Å². The number of anilines is 1. The van der Waals surface area contributed by atoms with Crippen LogP contribution in [0.3, 0.4) is 0 Å². The third-order valence-electron chi connectivity index (χ3n) is 2.30. The summed E-state index contributed by atoms with van der Waals surface area (Å²) < 4.78 is 1.08. The molecule has 2 aromatic rings. The molecule has 1 heterocycles. The number of halogens is 2. The van der Waals surface area contributed by atoms with E-state index in [1.54, 1.807) is 19.1 Å². The molecule has 0 bridgehead atoms. The van der Waals surface area contributed by atoms with Crippen LogP contribution in [0, 0.1) is 6.92 Å². The second kappa shape index (κ2) is 6.14. The van der Waals surface area contributed by atoms with Crippen molar-refractivity contribution >= 4 is 43.9 Å². The summed E-state index contributed by atoms with van der Waals surface area (Å²) in [7, 11) is 0. The molecule has 9 heteroatoms. The highest BCUT2D eigenvalue weighted by Gasteiger charge is 2.05. The lowest BCUT2D eigenvalue weighted by Crippen LogP contribution is -2.15. The number of H-pyrrole nitrogens is 1. The van der Waals surface area contributed by atoms with Crippen molar-refractivity contribution in [1.29, 1.82) is 0 Å². The van der Waals surface area contributed by atoms with E-state index >= 15 is 0 Å². The number of nitrogens with one attached hydrogen (secondary N) is 2. The number of phenolic OH excluding ortho intramolecular Hbond substituents is 1. The lowest BCUT2D eigenvalue weighted by Gasteiger charge is -2.03. The van der Waals surface area contributed by atoms with E-state index in [2.05, 4.69) is 57.6 Å². The van der Waals surface area contributed by atoms with E-state index in [0.29, 0.717) is 14.6 Å². The first-order valence-electron chi connectivity index (χ1n) is 5.38. The van der Waals surface area contributed by atoms with E-state index < -0.39 is 5.69 Å². The summed E-state index contributed by atoms with van der Waals surface area (Å²) in [4.78, 5) is 14.7. The van der Waals surface area contributed by atoms with Gasteiger partial charge in [0.05, 0.1) is 15.2 Å². The molecule has 0 amide bonds. The van der Waals surface area contributed by atoms with Crippen LogP contribution in [0.5, 0.6) is 5.75 Å². The molecule has 2 rings (SSSR count). The van der Waals surface area contributed by atoms with Crippen LogP contribution >= 0.6 is 31.9 Å². The quantitative estimate of drug-likeness (QED) is 0.539. The summed E-state index contributed by atoms with van der Waals surface area (Å²) in [5.74, 6) is 0.397. The van der Waals surface area contributed by atoms with Crippen molar-refractivity contribution in [1.82, 2.24) is 15.2 Å². The number of aromatic hydroxyl groups is 1. The molecule has 104 valence electrons. The van der Waals surface area contributed by atoms with Crippen molar-refractivity contribution in [2.45, 2.75) is 6.92 Å². The summed E-state index contributed by atoms with van der Waals surface area (Å²) >= 11 is 6.45. The van der Waals surface area contributed by atoms with Gasteiger partial charge in [0.15, 0.2) is 5.82 Å². The van der Waals surface area contributed by atoms with Crippen molar-refractivity contribution in [2.24, 2.45) is 5.10 Å². The fourth-order valence-electron chi connectivity index (χ4n) is 1.33. The SMILES string of the molecule is Cc1n[nH]c(=O)nc1N/N=C\c1cc(Br)c(O)c(Br)c1. The van der Waals surface area contributed by atoms with Gasteiger partial charge >= 0.3 is 5.69 Å². The third-order valence-corrected chi connectivity index (χ3v) is 3.51. The lowest BCUT2D eigenvalue weighted by atomic mass is 10.2. The number of benzene rings is 1. The van der Waals surface area contributed by atoms with Crippen molar-refractivity contribution in [3.8, 4) is 5.75 Å². The highest BCUT2D eigenvalue weighted by molar-refractivity contribution is 9.11. The predicted molar refractivity (Wildman–Crippen MR) is 82.1 cm³/mol. The van der Waals surface area contributed by atoms with Gasteiger partial charge in [-0.25, -0.2) is 9.89 Å². The van der Waals surface area contributed by atoms with Gasteiger partial charge in [0.25, 0.3) is 0 Å². The standard InChI is InChI=1S/C11H9Br2N5O2/c1-5-10(15-11(20)18-16-5)17-14-4-6-2-7(12)9(19)8(13)3-6/h2-4,19H,1H3,(H2,15,17,18,20)/b14-4-. The number of nitrogens with zero attached hydrogens (tertiary/aromatic N) is 3. The average Bonchev–Trinajstić information content (AvgIpc) is 2.40. The molecule has 1 aromatic heterocycles. The number of rotatable bonds is 3. The highest BCUT2D eigenvalue weighted by atomic mass is 79.9. The Bertz CT molecular complexity index is 706. The second-order valence-electron chi connectivity index (χ2n) is 3.78. The number of aromatic nitrogens is 3. The molecule has 0 aliphatic rings. The van der Waals surface area contributed by atoms with Crippen molar-refractivity contribution in [3.05, 3.63) is 42.8 Å². The fourth-order valence-corrected chi connectivity index (χ4v) is 2.55. The molecule has 1 aromatic carbocycles. The number of hydrogen-bond acceptors (Lipinski definition) is 6. The third kappa shape index (κ3) is 3.42. The van der Waals surface area contributed by atoms with E-state index in [1.165, 1.54) is 6.21 Å². The fraction of sp³-hybridized carbons (Fsp3) is 0.0909. The first-order valence-corrected chi connectivity index (χ1v) is 6.96. The van der Waals surface area contributed by atoms with Crippen molar-refractivity contribution in [2.75, 3.05) is 5.43 Å². The summed E-state index contributed by atoms with van der Waals surface area (Å²) in [6.45, 7) is 1.69. The summed E-state index contributed by atoms with van der Waals surface area (Å²) in [6.07, 6.45) is 1.53. The summed E-state index contributed by atoms with van der Waals surface area (Å²) in [5, 5.41) is 19.5. The van der Waals surface area contributed by atoms with E-state index in [0.717, 1.165) is 5.56 Å². The molecule has 3 N–H and O–H groups in total. The number of hydrogen-bond donors (Lipinski definition) is 3. The van der Waals surface area contributed by atoms with Crippen LogP contribution in [-0.4, -0.2) is 26.5 Å². The zero-order chi connectivity index (χ0) is 14.7. The number of phenols is 1. The zero-order valence-corrected chi connectivity index (χ0v) is 13.4. The minimum absolute atomic E-state index is 0.117. The largest absolute Gasteiger partial charge is 0.506 e. The first-order chi connectivity index (χ1) is 9.47. The zero-order valence-electron chi connectivity index (χ0n) is 10.2. The Balaban J connectivity index is 2.18. The molecule has 0 aliphatic carbocycles. The van der Waals surface area contributed by atoms with Crippen molar-refractivity contribution in [3.63, 3.8) is 0 Å². The predicted octanol–water partition coefficient (Wildman–Crippen LogP) is 2.15. The Morgan fingerprint density at radius 2 is 2.05 bits per heavy atom. The topological polar surface area (TPSA) is 103 Å². The van der Waals surface area contributed by atoms with E-state index in [9.17, 15) is 9.90 Å². The monoisotopic (exact) mass is 401 g/mol. The van der Waals surface area contributed by atoms with E-state index in [1.807, 2.05) is 0 Å². The first kappa shape index (κ1) is 14.7. The van der Waals surface area contributed by atoms with Crippen LogP contribution in [-0.2, 0) is 0 Å². The van der Waals surface area contributed by atoms with Gasteiger partial charge in [-0.2, -0.15) is 15.2 Å². The van der Waals surface area contributed by atoms with Crippen LogP contribution in [0.15, 0.2) is 31.0 Å². The maximum absolute atomic E-state index is 11.0. The van der Waals surface area contributed by atoms with Crippen molar-refractivity contribution < 1.29 is 5.11 Å². The molecule has 7 nitrogen and oxygen atoms in total. The van der Waals surface area contributed by atoms with Crippen LogP contribution in [0.2, 0.25) is 0 Å². The maximum Gasteiger partial charge on any atom is 0.363 e. The molecule has 0 fully saturated rings. The molecule has 0 spiro atoms. The molecule has 0 saturated carbocycles. The summed E-state index contributed by atoms with van der Waals surface area (Å²) in [5.41, 5.74) is 3.35. The molecule has 0 radical (unpaired) electrons. The lowest BCUT2D eigenvalue weighted by molar-refractivity contribution is 0.468. The Labute approximate surface area is 130 Å². The molecule has 0 atom stereocenters. The molecule has 0 aliphatic heterocycles. The van der Waals surface area contributed by atoms with Crippen LogP contribution < -0.4 is 11.1 Å². The molecule has 20 heavy (non-hydrogen) atoms. The number of hydrazone groups is 1. The van der Waals surface area contributed by atoms with Gasteiger partial charge in [-0.15, -0.1) is 0 Å². The minimum Gasteiger partial charge on any atom is -0.506 e. The van der Waals surface area contributed by atoms with Crippen LogP contribution in [0.25, 0.3) is 0 Å². The van der Waals surface area contributed by atoms with Gasteiger partial charge in [0, 0.05) is 0 Å². The normalized spacial score (nSPS) is 10.9. The second-order valence-corrected chi connectivity index (χ2v) is 5.49. The highest BCUT2D eigenvalue weighted by Crippen LogP contribution is 2.32. The average molecular weight is 403 g/mol. The maximum atomic E-state index is 11.0. The number of aromatic amines is 1. The van der Waals surface area contributed by atoms with Gasteiger partial charge in [-0.3, -0.25) is 5.43 Å². The Morgan fingerprint density at radius 3 is 2.70 bits per heavy atom. The van der Waals surface area contributed by atoms with Gasteiger partial charge in [-0.1, -0.05) is 0 Å².